The van der Waals surface area contributed by atoms with Crippen LogP contribution in [0.2, 0.25) is 10.0 Å². The Kier molecular flexibility index (Phi) is 6.82. The van der Waals surface area contributed by atoms with Crippen LogP contribution in [0.25, 0.3) is 11.3 Å². The van der Waals surface area contributed by atoms with E-state index >= 15 is 0 Å². The second-order valence-corrected chi connectivity index (χ2v) is 9.72. The van der Waals surface area contributed by atoms with Crippen molar-refractivity contribution in [1.29, 1.82) is 0 Å². The zero-order valence-corrected chi connectivity index (χ0v) is 20.7. The van der Waals surface area contributed by atoms with Crippen molar-refractivity contribution in [2.24, 2.45) is 5.73 Å². The Morgan fingerprint density at radius 3 is 2.33 bits per heavy atom. The van der Waals surface area contributed by atoms with Crippen LogP contribution >= 0.6 is 23.2 Å². The summed E-state index contributed by atoms with van der Waals surface area (Å²) in [6, 6.07) is 13.9. The molecule has 1 aromatic heterocycles. The minimum absolute atomic E-state index is 0.207. The van der Waals surface area contributed by atoms with Gasteiger partial charge in [-0.05, 0) is 44.5 Å². The summed E-state index contributed by atoms with van der Waals surface area (Å²) >= 11 is 12.6. The first-order valence-corrected chi connectivity index (χ1v) is 11.8. The Bertz CT molecular complexity index is 1150. The van der Waals surface area contributed by atoms with Crippen LogP contribution in [-0.2, 0) is 12.1 Å². The normalized spacial score (nSPS) is 14.6. The van der Waals surface area contributed by atoms with Crippen LogP contribution in [0.5, 0.6) is 0 Å². The first-order chi connectivity index (χ1) is 15.7. The Hall–Kier alpha value is -2.38. The molecule has 0 bridgehead atoms. The molecule has 8 heteroatoms. The monoisotopic (exact) mass is 485 g/mol. The van der Waals surface area contributed by atoms with E-state index in [0.717, 1.165) is 37.4 Å². The number of aliphatic hydroxyl groups is 1. The van der Waals surface area contributed by atoms with Gasteiger partial charge < -0.3 is 20.6 Å². The molecule has 1 saturated heterocycles. The van der Waals surface area contributed by atoms with E-state index in [1.807, 2.05) is 32.9 Å². The quantitative estimate of drug-likeness (QED) is 0.541. The SMILES string of the molecule is Cc1nc(N2CCN(c3cccc(C(C)(C)N)c3)CC2)c(CO)nc1-c1cccc(Cl)c1Cl. The van der Waals surface area contributed by atoms with Crippen molar-refractivity contribution in [3.05, 3.63) is 69.5 Å². The molecule has 0 atom stereocenters. The highest BCUT2D eigenvalue weighted by molar-refractivity contribution is 6.43. The number of hydrogen-bond acceptors (Lipinski definition) is 6. The molecular formula is C25H29Cl2N5O. The molecule has 1 fully saturated rings. The van der Waals surface area contributed by atoms with Gasteiger partial charge in [-0.3, -0.25) is 0 Å². The molecule has 0 radical (unpaired) electrons. The molecule has 6 nitrogen and oxygen atoms in total. The second kappa shape index (κ2) is 9.47. The maximum Gasteiger partial charge on any atom is 0.153 e. The molecule has 33 heavy (non-hydrogen) atoms. The van der Waals surface area contributed by atoms with E-state index in [0.29, 0.717) is 32.8 Å². The van der Waals surface area contributed by atoms with Crippen molar-refractivity contribution in [3.8, 4) is 11.3 Å². The number of aryl methyl sites for hydroxylation is 1. The molecule has 2 aromatic carbocycles. The summed E-state index contributed by atoms with van der Waals surface area (Å²) in [6.07, 6.45) is 0. The van der Waals surface area contributed by atoms with Gasteiger partial charge >= 0.3 is 0 Å². The predicted octanol–water partition coefficient (Wildman–Crippen LogP) is 4.77. The number of benzene rings is 2. The lowest BCUT2D eigenvalue weighted by Crippen LogP contribution is -2.47. The molecule has 0 spiro atoms. The zero-order valence-electron chi connectivity index (χ0n) is 19.1. The third-order valence-electron chi connectivity index (χ3n) is 6.01. The van der Waals surface area contributed by atoms with Crippen LogP contribution in [0.1, 0.15) is 30.8 Å². The molecule has 4 rings (SSSR count). The number of rotatable bonds is 5. The standard InChI is InChI=1S/C25H29Cl2N5O/c1-16-23(19-8-5-9-20(26)22(19)27)30-21(15-33)24(29-16)32-12-10-31(11-13-32)18-7-4-6-17(14-18)25(2,3)28/h4-9,14,33H,10-13,15,28H2,1-3H3. The number of nitrogens with two attached hydrogens (primary N) is 1. The minimum Gasteiger partial charge on any atom is -0.390 e. The highest BCUT2D eigenvalue weighted by Crippen LogP contribution is 2.35. The van der Waals surface area contributed by atoms with Crippen molar-refractivity contribution in [2.45, 2.75) is 32.9 Å². The summed E-state index contributed by atoms with van der Waals surface area (Å²) in [5.41, 5.74) is 10.8. The summed E-state index contributed by atoms with van der Waals surface area (Å²) in [7, 11) is 0. The fraction of sp³-hybridized carbons (Fsp3) is 0.360. The summed E-state index contributed by atoms with van der Waals surface area (Å²) in [6.45, 7) is 8.94. The third kappa shape index (κ3) is 4.94. The number of piperazine rings is 1. The maximum atomic E-state index is 10.1. The van der Waals surface area contributed by atoms with E-state index < -0.39 is 0 Å². The number of nitrogens with zero attached hydrogens (tertiary/aromatic N) is 4. The summed E-state index contributed by atoms with van der Waals surface area (Å²) in [4.78, 5) is 14.1. The fourth-order valence-electron chi connectivity index (χ4n) is 4.12. The van der Waals surface area contributed by atoms with Gasteiger partial charge in [0.05, 0.1) is 28.0 Å². The topological polar surface area (TPSA) is 78.5 Å². The molecule has 1 aliphatic rings. The molecule has 3 N–H and O–H groups in total. The van der Waals surface area contributed by atoms with Crippen molar-refractivity contribution >= 4 is 34.7 Å². The molecule has 0 unspecified atom stereocenters. The van der Waals surface area contributed by atoms with E-state index in [-0.39, 0.29) is 12.1 Å². The Labute approximate surface area is 205 Å². The van der Waals surface area contributed by atoms with Gasteiger partial charge in [-0.15, -0.1) is 0 Å². The second-order valence-electron chi connectivity index (χ2n) is 8.93. The first kappa shape index (κ1) is 23.8. The lowest BCUT2D eigenvalue weighted by molar-refractivity contribution is 0.276. The number of hydrogen-bond donors (Lipinski definition) is 2. The summed E-state index contributed by atoms with van der Waals surface area (Å²) < 4.78 is 0. The molecule has 1 aliphatic heterocycles. The first-order valence-electron chi connectivity index (χ1n) is 11.0. The molecule has 3 aromatic rings. The lowest BCUT2D eigenvalue weighted by atomic mass is 9.95. The van der Waals surface area contributed by atoms with Crippen LogP contribution < -0.4 is 15.5 Å². The van der Waals surface area contributed by atoms with Crippen molar-refractivity contribution in [2.75, 3.05) is 36.0 Å². The summed E-state index contributed by atoms with van der Waals surface area (Å²) in [5.74, 6) is 0.716. The molecule has 0 saturated carbocycles. The Morgan fingerprint density at radius 1 is 1.00 bits per heavy atom. The average molecular weight is 486 g/mol. The van der Waals surface area contributed by atoms with Crippen LogP contribution in [0.15, 0.2) is 42.5 Å². The lowest BCUT2D eigenvalue weighted by Gasteiger charge is -2.37. The Morgan fingerprint density at radius 2 is 1.67 bits per heavy atom. The summed E-state index contributed by atoms with van der Waals surface area (Å²) in [5, 5.41) is 11.0. The van der Waals surface area contributed by atoms with Gasteiger partial charge in [0.1, 0.15) is 5.69 Å². The minimum atomic E-state index is -0.380. The maximum absolute atomic E-state index is 10.1. The van der Waals surface area contributed by atoms with Crippen molar-refractivity contribution in [1.82, 2.24) is 9.97 Å². The Balaban J connectivity index is 1.56. The van der Waals surface area contributed by atoms with Gasteiger partial charge in [-0.2, -0.15) is 0 Å². The number of halogens is 2. The van der Waals surface area contributed by atoms with Gasteiger partial charge in [0.15, 0.2) is 5.82 Å². The van der Waals surface area contributed by atoms with E-state index in [4.69, 9.17) is 38.9 Å². The van der Waals surface area contributed by atoms with Gasteiger partial charge in [-0.1, -0.05) is 47.5 Å². The van der Waals surface area contributed by atoms with E-state index in [9.17, 15) is 5.11 Å². The van der Waals surface area contributed by atoms with Gasteiger partial charge in [0.2, 0.25) is 0 Å². The molecule has 2 heterocycles. The number of aromatic nitrogens is 2. The highest BCUT2D eigenvalue weighted by atomic mass is 35.5. The zero-order chi connectivity index (χ0) is 23.8. The molecular weight excluding hydrogens is 457 g/mol. The third-order valence-corrected chi connectivity index (χ3v) is 6.83. The average Bonchev–Trinajstić information content (AvgIpc) is 2.80. The smallest absolute Gasteiger partial charge is 0.153 e. The van der Waals surface area contributed by atoms with Gasteiger partial charge in [0, 0.05) is 43.0 Å². The van der Waals surface area contributed by atoms with Crippen LogP contribution in [0.4, 0.5) is 11.5 Å². The van der Waals surface area contributed by atoms with Crippen molar-refractivity contribution < 1.29 is 5.11 Å². The van der Waals surface area contributed by atoms with Crippen molar-refractivity contribution in [3.63, 3.8) is 0 Å². The van der Waals surface area contributed by atoms with Crippen LogP contribution in [0, 0.1) is 6.92 Å². The molecule has 0 amide bonds. The van der Waals surface area contributed by atoms with Crippen LogP contribution in [-0.4, -0.2) is 41.3 Å². The predicted molar refractivity (Wildman–Crippen MR) is 136 cm³/mol. The van der Waals surface area contributed by atoms with E-state index in [2.05, 4.69) is 34.1 Å². The van der Waals surface area contributed by atoms with Gasteiger partial charge in [0.25, 0.3) is 0 Å². The highest BCUT2D eigenvalue weighted by Gasteiger charge is 2.24. The fourth-order valence-corrected chi connectivity index (χ4v) is 4.51. The largest absolute Gasteiger partial charge is 0.390 e. The van der Waals surface area contributed by atoms with E-state index in [1.165, 1.54) is 5.69 Å². The molecule has 174 valence electrons. The van der Waals surface area contributed by atoms with Crippen LogP contribution in [0.3, 0.4) is 0 Å². The van der Waals surface area contributed by atoms with E-state index in [1.54, 1.807) is 6.07 Å². The van der Waals surface area contributed by atoms with Gasteiger partial charge in [-0.25, -0.2) is 9.97 Å². The molecule has 0 aliphatic carbocycles. The number of anilines is 2. The number of aliphatic hydroxyl groups excluding tert-OH is 1.